The minimum atomic E-state index is -0.283. The van der Waals surface area contributed by atoms with Crippen molar-refractivity contribution >= 4 is 11.5 Å². The summed E-state index contributed by atoms with van der Waals surface area (Å²) in [6.45, 7) is 0. The van der Waals surface area contributed by atoms with Crippen LogP contribution < -0.4 is 0 Å². The molecule has 0 bridgehead atoms. The quantitative estimate of drug-likeness (QED) is 0.615. The van der Waals surface area contributed by atoms with Gasteiger partial charge in [-0.3, -0.25) is 4.79 Å². The first-order chi connectivity index (χ1) is 6.25. The Labute approximate surface area is 74.6 Å². The van der Waals surface area contributed by atoms with Crippen LogP contribution in [0.3, 0.4) is 0 Å². The highest BCUT2D eigenvalue weighted by Crippen LogP contribution is 2.23. The molecule has 0 N–H and O–H groups in total. The molecule has 1 aliphatic heterocycles. The van der Waals surface area contributed by atoms with Crippen molar-refractivity contribution in [2.24, 2.45) is 0 Å². The predicted octanol–water partition coefficient (Wildman–Crippen LogP) is 2.11. The molecule has 1 aromatic carbocycles. The smallest absolute Gasteiger partial charge is 0.315 e. The van der Waals surface area contributed by atoms with E-state index < -0.39 is 0 Å². The molecule has 0 atom stereocenters. The van der Waals surface area contributed by atoms with Gasteiger partial charge in [0.2, 0.25) is 0 Å². The maximum atomic E-state index is 12.5. The summed E-state index contributed by atoms with van der Waals surface area (Å²) in [6, 6.07) is 5.98. The molecule has 0 amide bonds. The van der Waals surface area contributed by atoms with Gasteiger partial charge in [0.25, 0.3) is 0 Å². The first-order valence-corrected chi connectivity index (χ1v) is 3.90. The van der Waals surface area contributed by atoms with E-state index in [-0.39, 0.29) is 18.2 Å². The number of carbonyl (C=O) groups excluding carboxylic acids is 1. The Morgan fingerprint density at radius 2 is 1.92 bits per heavy atom. The summed E-state index contributed by atoms with van der Waals surface area (Å²) in [5, 5.41) is 0. The van der Waals surface area contributed by atoms with Crippen molar-refractivity contribution in [2.75, 3.05) is 0 Å². The standard InChI is InChI=1S/C10H7FO2/c11-9-3-1-7(2-4-9)8-5-10(12)13-6-8/h1-4,6H,5H2. The number of ether oxygens (including phenoxy) is 1. The maximum absolute atomic E-state index is 12.5. The van der Waals surface area contributed by atoms with Crippen LogP contribution in [0.1, 0.15) is 12.0 Å². The fourth-order valence-electron chi connectivity index (χ4n) is 1.21. The molecule has 3 heteroatoms. The summed E-state index contributed by atoms with van der Waals surface area (Å²) in [7, 11) is 0. The number of hydrogen-bond acceptors (Lipinski definition) is 2. The van der Waals surface area contributed by atoms with Gasteiger partial charge < -0.3 is 4.74 Å². The van der Waals surface area contributed by atoms with E-state index in [1.807, 2.05) is 0 Å². The molecule has 0 spiro atoms. The number of esters is 1. The predicted molar refractivity (Wildman–Crippen MR) is 45.1 cm³/mol. The lowest BCUT2D eigenvalue weighted by Gasteiger charge is -1.97. The van der Waals surface area contributed by atoms with Gasteiger partial charge in [0.1, 0.15) is 5.82 Å². The molecule has 0 saturated carbocycles. The van der Waals surface area contributed by atoms with Crippen molar-refractivity contribution in [1.82, 2.24) is 0 Å². The highest BCUT2D eigenvalue weighted by Gasteiger charge is 2.15. The second-order valence-corrected chi connectivity index (χ2v) is 2.82. The SMILES string of the molecule is O=C1CC(c2ccc(F)cc2)=CO1. The normalized spacial score (nSPS) is 15.5. The minimum Gasteiger partial charge on any atom is -0.434 e. The fourth-order valence-corrected chi connectivity index (χ4v) is 1.21. The third-order valence-corrected chi connectivity index (χ3v) is 1.88. The Kier molecular flexibility index (Phi) is 1.85. The molecule has 0 aromatic heterocycles. The molecule has 0 aliphatic carbocycles. The summed E-state index contributed by atoms with van der Waals surface area (Å²) in [5.74, 6) is -0.547. The van der Waals surface area contributed by atoms with E-state index in [0.717, 1.165) is 11.1 Å². The van der Waals surface area contributed by atoms with Gasteiger partial charge >= 0.3 is 5.97 Å². The van der Waals surface area contributed by atoms with Gasteiger partial charge in [-0.05, 0) is 17.7 Å². The van der Waals surface area contributed by atoms with Gasteiger partial charge in [-0.25, -0.2) is 4.39 Å². The second-order valence-electron chi connectivity index (χ2n) is 2.82. The molecule has 0 unspecified atom stereocenters. The van der Waals surface area contributed by atoms with E-state index in [1.165, 1.54) is 18.4 Å². The molecule has 1 aromatic rings. The molecule has 2 rings (SSSR count). The molecule has 13 heavy (non-hydrogen) atoms. The molecule has 0 fully saturated rings. The highest BCUT2D eigenvalue weighted by atomic mass is 19.1. The lowest BCUT2D eigenvalue weighted by molar-refractivity contribution is -0.135. The number of hydrogen-bond donors (Lipinski definition) is 0. The van der Waals surface area contributed by atoms with Gasteiger partial charge in [0.05, 0.1) is 12.7 Å². The molecule has 0 radical (unpaired) electrons. The van der Waals surface area contributed by atoms with Gasteiger partial charge in [0, 0.05) is 5.57 Å². The second kappa shape index (κ2) is 3.01. The van der Waals surface area contributed by atoms with Crippen LogP contribution in [0.15, 0.2) is 30.5 Å². The number of halogens is 1. The van der Waals surface area contributed by atoms with E-state index in [1.54, 1.807) is 12.1 Å². The van der Waals surface area contributed by atoms with Crippen molar-refractivity contribution < 1.29 is 13.9 Å². The monoisotopic (exact) mass is 178 g/mol. The van der Waals surface area contributed by atoms with Crippen molar-refractivity contribution in [2.45, 2.75) is 6.42 Å². The summed E-state index contributed by atoms with van der Waals surface area (Å²) in [6.07, 6.45) is 1.68. The zero-order valence-electron chi connectivity index (χ0n) is 6.79. The van der Waals surface area contributed by atoms with Crippen LogP contribution in [-0.4, -0.2) is 5.97 Å². The Morgan fingerprint density at radius 3 is 2.46 bits per heavy atom. The molecular formula is C10H7FO2. The van der Waals surface area contributed by atoms with Crippen molar-refractivity contribution in [1.29, 1.82) is 0 Å². The molecule has 1 heterocycles. The molecular weight excluding hydrogens is 171 g/mol. The van der Waals surface area contributed by atoms with Crippen molar-refractivity contribution in [3.63, 3.8) is 0 Å². The third-order valence-electron chi connectivity index (χ3n) is 1.88. The van der Waals surface area contributed by atoms with Crippen LogP contribution in [0.25, 0.3) is 5.57 Å². The summed E-state index contributed by atoms with van der Waals surface area (Å²) in [5.41, 5.74) is 1.62. The molecule has 66 valence electrons. The largest absolute Gasteiger partial charge is 0.434 e. The first kappa shape index (κ1) is 7.98. The van der Waals surface area contributed by atoms with Crippen LogP contribution in [0.2, 0.25) is 0 Å². The van der Waals surface area contributed by atoms with Gasteiger partial charge in [-0.2, -0.15) is 0 Å². The van der Waals surface area contributed by atoms with E-state index in [2.05, 4.69) is 4.74 Å². The van der Waals surface area contributed by atoms with Gasteiger partial charge in [-0.1, -0.05) is 12.1 Å². The van der Waals surface area contributed by atoms with Crippen LogP contribution in [-0.2, 0) is 9.53 Å². The maximum Gasteiger partial charge on any atom is 0.315 e. The van der Waals surface area contributed by atoms with Crippen LogP contribution >= 0.6 is 0 Å². The minimum absolute atomic E-state index is 0.265. The third kappa shape index (κ3) is 1.59. The van der Waals surface area contributed by atoms with Crippen LogP contribution in [0, 0.1) is 5.82 Å². The molecule has 2 nitrogen and oxygen atoms in total. The lowest BCUT2D eigenvalue weighted by Crippen LogP contribution is -1.90. The zero-order chi connectivity index (χ0) is 9.26. The van der Waals surface area contributed by atoms with Crippen molar-refractivity contribution in [3.05, 3.63) is 41.9 Å². The van der Waals surface area contributed by atoms with Gasteiger partial charge in [-0.15, -0.1) is 0 Å². The average Bonchev–Trinajstić information content (AvgIpc) is 2.53. The van der Waals surface area contributed by atoms with E-state index >= 15 is 0 Å². The first-order valence-electron chi connectivity index (χ1n) is 3.90. The Morgan fingerprint density at radius 1 is 1.23 bits per heavy atom. The Hall–Kier alpha value is -1.64. The lowest BCUT2D eigenvalue weighted by atomic mass is 10.1. The number of carbonyl (C=O) groups is 1. The summed E-state index contributed by atoms with van der Waals surface area (Å²) < 4.78 is 17.2. The summed E-state index contributed by atoms with van der Waals surface area (Å²) in [4.78, 5) is 10.7. The number of benzene rings is 1. The van der Waals surface area contributed by atoms with Crippen LogP contribution in [0.5, 0.6) is 0 Å². The zero-order valence-corrected chi connectivity index (χ0v) is 6.79. The van der Waals surface area contributed by atoms with E-state index in [0.29, 0.717) is 0 Å². The fraction of sp³-hybridized carbons (Fsp3) is 0.100. The molecule has 1 aliphatic rings. The highest BCUT2D eigenvalue weighted by molar-refractivity contribution is 5.89. The summed E-state index contributed by atoms with van der Waals surface area (Å²) >= 11 is 0. The van der Waals surface area contributed by atoms with Gasteiger partial charge in [0.15, 0.2) is 0 Å². The Balaban J connectivity index is 2.27. The Bertz CT molecular complexity index is 365. The van der Waals surface area contributed by atoms with Crippen LogP contribution in [0.4, 0.5) is 4.39 Å². The molecule has 0 saturated heterocycles. The number of cyclic esters (lactones) is 1. The number of rotatable bonds is 1. The van der Waals surface area contributed by atoms with E-state index in [9.17, 15) is 9.18 Å². The topological polar surface area (TPSA) is 26.3 Å². The van der Waals surface area contributed by atoms with Crippen molar-refractivity contribution in [3.8, 4) is 0 Å². The average molecular weight is 178 g/mol. The van der Waals surface area contributed by atoms with E-state index in [4.69, 9.17) is 0 Å².